The molecule has 0 bridgehead atoms. The van der Waals surface area contributed by atoms with Crippen molar-refractivity contribution in [3.8, 4) is 0 Å². The fourth-order valence-corrected chi connectivity index (χ4v) is 2.87. The van der Waals surface area contributed by atoms with Crippen molar-refractivity contribution in [1.29, 1.82) is 0 Å². The van der Waals surface area contributed by atoms with Gasteiger partial charge in [0.15, 0.2) is 0 Å². The molecule has 2 rings (SSSR count). The van der Waals surface area contributed by atoms with Crippen LogP contribution in [0.4, 0.5) is 0 Å². The molecule has 0 radical (unpaired) electrons. The van der Waals surface area contributed by atoms with E-state index in [1.807, 2.05) is 30.3 Å². The topological polar surface area (TPSA) is 20.2 Å². The van der Waals surface area contributed by atoms with E-state index in [-0.39, 0.29) is 11.5 Å². The molecule has 18 heavy (non-hydrogen) atoms. The van der Waals surface area contributed by atoms with Gasteiger partial charge in [-0.05, 0) is 36.2 Å². The zero-order valence-electron chi connectivity index (χ0n) is 11.7. The van der Waals surface area contributed by atoms with Gasteiger partial charge in [-0.3, -0.25) is 0 Å². The Balaban J connectivity index is 2.06. The van der Waals surface area contributed by atoms with Crippen LogP contribution >= 0.6 is 0 Å². The summed E-state index contributed by atoms with van der Waals surface area (Å²) < 4.78 is 0. The van der Waals surface area contributed by atoms with Crippen molar-refractivity contribution >= 4 is 0 Å². The number of rotatable bonds is 4. The number of allylic oxidation sites excluding steroid dienone is 2. The highest BCUT2D eigenvalue weighted by Crippen LogP contribution is 2.44. The summed E-state index contributed by atoms with van der Waals surface area (Å²) in [6, 6.07) is 9.99. The molecule has 2 atom stereocenters. The van der Waals surface area contributed by atoms with Gasteiger partial charge in [0, 0.05) is 0 Å². The molecule has 1 aliphatic rings. The quantitative estimate of drug-likeness (QED) is 0.774. The highest BCUT2D eigenvalue weighted by Gasteiger charge is 2.31. The van der Waals surface area contributed by atoms with Crippen LogP contribution in [0.5, 0.6) is 0 Å². The van der Waals surface area contributed by atoms with Crippen molar-refractivity contribution in [2.24, 2.45) is 11.3 Å². The van der Waals surface area contributed by atoms with E-state index in [0.29, 0.717) is 5.92 Å². The van der Waals surface area contributed by atoms with Gasteiger partial charge in [0.1, 0.15) is 0 Å². The predicted octanol–water partition coefficient (Wildman–Crippen LogP) is 4.49. The molecule has 0 heterocycles. The Morgan fingerprint density at radius 2 is 1.89 bits per heavy atom. The number of hydrogen-bond acceptors (Lipinski definition) is 1. The molecule has 0 unspecified atom stereocenters. The molecular formula is C17H24O. The van der Waals surface area contributed by atoms with E-state index in [0.717, 1.165) is 12.0 Å². The van der Waals surface area contributed by atoms with E-state index in [4.69, 9.17) is 0 Å². The molecule has 0 spiro atoms. The first-order valence-electron chi connectivity index (χ1n) is 6.95. The zero-order chi connectivity index (χ0) is 13.2. The first-order valence-corrected chi connectivity index (χ1v) is 6.95. The van der Waals surface area contributed by atoms with Crippen LogP contribution in [0.1, 0.15) is 51.7 Å². The van der Waals surface area contributed by atoms with Gasteiger partial charge < -0.3 is 5.11 Å². The Hall–Kier alpha value is -1.08. The molecule has 0 saturated heterocycles. The van der Waals surface area contributed by atoms with Gasteiger partial charge in [0.2, 0.25) is 0 Å². The van der Waals surface area contributed by atoms with Crippen LogP contribution in [0.3, 0.4) is 0 Å². The minimum absolute atomic E-state index is 0.162. The molecule has 1 aromatic carbocycles. The smallest absolute Gasteiger partial charge is 0.0798 e. The summed E-state index contributed by atoms with van der Waals surface area (Å²) in [7, 11) is 0. The molecular weight excluding hydrogens is 220 g/mol. The molecule has 1 nitrogen and oxygen atoms in total. The Morgan fingerprint density at radius 1 is 1.22 bits per heavy atom. The lowest BCUT2D eigenvalue weighted by atomic mass is 9.82. The normalized spacial score (nSPS) is 25.3. The number of aliphatic hydroxyl groups excluding tert-OH is 1. The Labute approximate surface area is 111 Å². The molecule has 1 aliphatic carbocycles. The number of benzene rings is 1. The highest BCUT2D eigenvalue weighted by molar-refractivity contribution is 5.21. The molecule has 0 saturated carbocycles. The van der Waals surface area contributed by atoms with Crippen molar-refractivity contribution in [2.45, 2.75) is 46.1 Å². The van der Waals surface area contributed by atoms with E-state index in [1.54, 1.807) is 5.57 Å². The Bertz CT molecular complexity index is 418. The van der Waals surface area contributed by atoms with Crippen molar-refractivity contribution in [3.05, 3.63) is 47.5 Å². The maximum Gasteiger partial charge on any atom is 0.0798 e. The molecule has 0 aromatic heterocycles. The standard InChI is InChI=1S/C17H24O/c1-13(2)15-9-10-17(3,11-15)12-16(18)14-7-5-4-6-8-14/h4-8,11,13,16,18H,9-10,12H2,1-3H3/t16-,17+/m1/s1. The van der Waals surface area contributed by atoms with Crippen LogP contribution in [0.15, 0.2) is 42.0 Å². The fraction of sp³-hybridized carbons (Fsp3) is 0.529. The summed E-state index contributed by atoms with van der Waals surface area (Å²) in [5.74, 6) is 0.640. The summed E-state index contributed by atoms with van der Waals surface area (Å²) in [6.45, 7) is 6.78. The van der Waals surface area contributed by atoms with E-state index < -0.39 is 0 Å². The van der Waals surface area contributed by atoms with Crippen LogP contribution < -0.4 is 0 Å². The van der Waals surface area contributed by atoms with E-state index in [1.165, 1.54) is 12.8 Å². The summed E-state index contributed by atoms with van der Waals surface area (Å²) in [6.07, 6.45) is 5.25. The monoisotopic (exact) mass is 244 g/mol. The van der Waals surface area contributed by atoms with Crippen molar-refractivity contribution < 1.29 is 5.11 Å². The molecule has 0 fully saturated rings. The highest BCUT2D eigenvalue weighted by atomic mass is 16.3. The summed E-state index contributed by atoms with van der Waals surface area (Å²) in [5.41, 5.74) is 2.75. The van der Waals surface area contributed by atoms with Gasteiger partial charge in [0.25, 0.3) is 0 Å². The van der Waals surface area contributed by atoms with Crippen LogP contribution in [-0.2, 0) is 0 Å². The van der Waals surface area contributed by atoms with Gasteiger partial charge >= 0.3 is 0 Å². The van der Waals surface area contributed by atoms with Gasteiger partial charge in [-0.15, -0.1) is 0 Å². The molecule has 1 aromatic rings. The average Bonchev–Trinajstić information content (AvgIpc) is 2.73. The van der Waals surface area contributed by atoms with Crippen molar-refractivity contribution in [1.82, 2.24) is 0 Å². The maximum absolute atomic E-state index is 10.3. The first kappa shape index (κ1) is 13.4. The SMILES string of the molecule is CC(C)C1=C[C@@](C)(C[C@@H](O)c2ccccc2)CC1. The average molecular weight is 244 g/mol. The Morgan fingerprint density at radius 3 is 2.44 bits per heavy atom. The minimum atomic E-state index is -0.348. The lowest BCUT2D eigenvalue weighted by Gasteiger charge is -2.25. The van der Waals surface area contributed by atoms with E-state index in [9.17, 15) is 5.11 Å². The third kappa shape index (κ3) is 3.02. The maximum atomic E-state index is 10.3. The van der Waals surface area contributed by atoms with Gasteiger partial charge in [0.05, 0.1) is 6.10 Å². The van der Waals surface area contributed by atoms with Gasteiger partial charge in [-0.25, -0.2) is 0 Å². The second-order valence-electron chi connectivity index (χ2n) is 6.16. The molecule has 1 N–H and O–H groups in total. The number of hydrogen-bond donors (Lipinski definition) is 1. The van der Waals surface area contributed by atoms with Crippen molar-refractivity contribution in [3.63, 3.8) is 0 Å². The third-order valence-corrected chi connectivity index (χ3v) is 4.10. The van der Waals surface area contributed by atoms with Crippen LogP contribution in [0.25, 0.3) is 0 Å². The fourth-order valence-electron chi connectivity index (χ4n) is 2.87. The van der Waals surface area contributed by atoms with Gasteiger partial charge in [-0.2, -0.15) is 0 Å². The molecule has 0 aliphatic heterocycles. The van der Waals surface area contributed by atoms with Crippen LogP contribution in [0.2, 0.25) is 0 Å². The largest absolute Gasteiger partial charge is 0.388 e. The minimum Gasteiger partial charge on any atom is -0.388 e. The lowest BCUT2D eigenvalue weighted by Crippen LogP contribution is -2.14. The summed E-state index contributed by atoms with van der Waals surface area (Å²) in [5, 5.41) is 10.3. The number of aliphatic hydroxyl groups is 1. The van der Waals surface area contributed by atoms with Crippen molar-refractivity contribution in [2.75, 3.05) is 0 Å². The van der Waals surface area contributed by atoms with E-state index >= 15 is 0 Å². The Kier molecular flexibility index (Phi) is 3.91. The van der Waals surface area contributed by atoms with Gasteiger partial charge in [-0.1, -0.05) is 62.8 Å². The van der Waals surface area contributed by atoms with Crippen LogP contribution in [0, 0.1) is 11.3 Å². The molecule has 1 heteroatoms. The van der Waals surface area contributed by atoms with E-state index in [2.05, 4.69) is 26.8 Å². The third-order valence-electron chi connectivity index (χ3n) is 4.10. The second-order valence-corrected chi connectivity index (χ2v) is 6.16. The zero-order valence-corrected chi connectivity index (χ0v) is 11.7. The molecule has 98 valence electrons. The van der Waals surface area contributed by atoms with Crippen LogP contribution in [-0.4, -0.2) is 5.11 Å². The second kappa shape index (κ2) is 5.27. The summed E-state index contributed by atoms with van der Waals surface area (Å²) in [4.78, 5) is 0. The lowest BCUT2D eigenvalue weighted by molar-refractivity contribution is 0.125. The molecule has 0 amide bonds. The summed E-state index contributed by atoms with van der Waals surface area (Å²) >= 11 is 0. The first-order chi connectivity index (χ1) is 8.50. The predicted molar refractivity (Wildman–Crippen MR) is 76.3 cm³/mol.